The van der Waals surface area contributed by atoms with Crippen molar-refractivity contribution < 1.29 is 14.3 Å². The Labute approximate surface area is 98.4 Å². The van der Waals surface area contributed by atoms with E-state index in [0.29, 0.717) is 13.0 Å². The fourth-order valence-corrected chi connectivity index (χ4v) is 2.43. The van der Waals surface area contributed by atoms with E-state index in [0.717, 1.165) is 23.2 Å². The topological polar surface area (TPSA) is 53.7 Å². The van der Waals surface area contributed by atoms with Crippen molar-refractivity contribution >= 4 is 22.6 Å². The minimum absolute atomic E-state index is 0.253. The fourth-order valence-electron chi connectivity index (χ4n) is 2.43. The highest BCUT2D eigenvalue weighted by atomic mass is 16.4. The molecule has 1 aromatic heterocycles. The molecule has 1 unspecified atom stereocenters. The zero-order valence-corrected chi connectivity index (χ0v) is 9.30. The lowest BCUT2D eigenvalue weighted by Crippen LogP contribution is -2.22. The molecule has 1 aromatic carbocycles. The number of furan rings is 1. The van der Waals surface area contributed by atoms with E-state index in [1.807, 2.05) is 24.3 Å². The number of fused-ring (bicyclic) bond motifs is 1. The summed E-state index contributed by atoms with van der Waals surface area (Å²) in [6.45, 7) is 1.38. The van der Waals surface area contributed by atoms with Crippen LogP contribution in [0, 0.1) is 5.92 Å². The summed E-state index contributed by atoms with van der Waals surface area (Å²) < 4.78 is 5.35. The first kappa shape index (κ1) is 10.2. The van der Waals surface area contributed by atoms with Gasteiger partial charge in [0, 0.05) is 24.2 Å². The van der Waals surface area contributed by atoms with E-state index in [1.54, 1.807) is 6.26 Å². The van der Waals surface area contributed by atoms with Crippen LogP contribution >= 0.6 is 0 Å². The van der Waals surface area contributed by atoms with Gasteiger partial charge in [-0.1, -0.05) is 6.07 Å². The number of rotatable bonds is 2. The highest BCUT2D eigenvalue weighted by Gasteiger charge is 2.28. The van der Waals surface area contributed by atoms with Gasteiger partial charge in [-0.2, -0.15) is 0 Å². The van der Waals surface area contributed by atoms with Crippen molar-refractivity contribution in [2.45, 2.75) is 6.42 Å². The SMILES string of the molecule is O=C(O)C1CCN(c2cccc3occc23)C1. The number of carboxylic acids is 1. The summed E-state index contributed by atoms with van der Waals surface area (Å²) in [4.78, 5) is 13.1. The highest BCUT2D eigenvalue weighted by Crippen LogP contribution is 2.31. The summed E-state index contributed by atoms with van der Waals surface area (Å²) in [6, 6.07) is 7.81. The predicted molar refractivity (Wildman–Crippen MR) is 64.2 cm³/mol. The van der Waals surface area contributed by atoms with Crippen LogP contribution in [-0.2, 0) is 4.79 Å². The molecule has 0 spiro atoms. The zero-order valence-electron chi connectivity index (χ0n) is 9.30. The molecule has 2 heterocycles. The highest BCUT2D eigenvalue weighted by molar-refractivity contribution is 5.91. The normalized spacial score (nSPS) is 20.0. The average molecular weight is 231 g/mol. The molecular weight excluding hydrogens is 218 g/mol. The molecule has 1 fully saturated rings. The molecule has 1 saturated heterocycles. The number of benzene rings is 1. The molecule has 0 amide bonds. The molecule has 0 radical (unpaired) electrons. The van der Waals surface area contributed by atoms with Gasteiger partial charge in [0.15, 0.2) is 0 Å². The smallest absolute Gasteiger partial charge is 0.308 e. The van der Waals surface area contributed by atoms with Gasteiger partial charge in [-0.15, -0.1) is 0 Å². The predicted octanol–water partition coefficient (Wildman–Crippen LogP) is 2.34. The average Bonchev–Trinajstić information content (AvgIpc) is 2.97. The van der Waals surface area contributed by atoms with E-state index in [1.165, 1.54) is 0 Å². The summed E-state index contributed by atoms with van der Waals surface area (Å²) in [5, 5.41) is 10.1. The first-order chi connectivity index (χ1) is 8.25. The molecule has 1 aliphatic rings. The first-order valence-corrected chi connectivity index (χ1v) is 5.69. The summed E-state index contributed by atoms with van der Waals surface area (Å²) >= 11 is 0. The van der Waals surface area contributed by atoms with Gasteiger partial charge >= 0.3 is 5.97 Å². The van der Waals surface area contributed by atoms with Gasteiger partial charge in [-0.3, -0.25) is 4.79 Å². The van der Waals surface area contributed by atoms with Gasteiger partial charge in [0.2, 0.25) is 0 Å². The Kier molecular flexibility index (Phi) is 2.28. The second-order valence-electron chi connectivity index (χ2n) is 4.38. The molecule has 4 heteroatoms. The Morgan fingerprint density at radius 2 is 2.29 bits per heavy atom. The van der Waals surface area contributed by atoms with E-state index in [9.17, 15) is 4.79 Å². The van der Waals surface area contributed by atoms with E-state index < -0.39 is 5.97 Å². The second kappa shape index (κ2) is 3.80. The molecule has 0 saturated carbocycles. The quantitative estimate of drug-likeness (QED) is 0.861. The fraction of sp³-hybridized carbons (Fsp3) is 0.308. The van der Waals surface area contributed by atoms with Crippen molar-refractivity contribution in [1.29, 1.82) is 0 Å². The first-order valence-electron chi connectivity index (χ1n) is 5.69. The second-order valence-corrected chi connectivity index (χ2v) is 4.38. The molecule has 0 bridgehead atoms. The van der Waals surface area contributed by atoms with Crippen LogP contribution in [0.25, 0.3) is 11.0 Å². The molecule has 1 aliphatic heterocycles. The molecular formula is C13H13NO3. The van der Waals surface area contributed by atoms with Crippen LogP contribution in [-0.4, -0.2) is 24.2 Å². The van der Waals surface area contributed by atoms with Crippen molar-refractivity contribution in [2.24, 2.45) is 5.92 Å². The number of carbonyl (C=O) groups is 1. The summed E-state index contributed by atoms with van der Waals surface area (Å²) in [5.41, 5.74) is 1.92. The minimum atomic E-state index is -0.702. The Hall–Kier alpha value is -1.97. The van der Waals surface area contributed by atoms with Crippen molar-refractivity contribution in [3.63, 3.8) is 0 Å². The number of carboxylic acid groups (broad SMARTS) is 1. The molecule has 17 heavy (non-hydrogen) atoms. The molecule has 88 valence electrons. The van der Waals surface area contributed by atoms with Crippen molar-refractivity contribution in [3.8, 4) is 0 Å². The lowest BCUT2D eigenvalue weighted by molar-refractivity contribution is -0.140. The number of aliphatic carboxylic acids is 1. The minimum Gasteiger partial charge on any atom is -0.481 e. The molecule has 0 aliphatic carbocycles. The van der Waals surface area contributed by atoms with E-state index in [-0.39, 0.29) is 5.92 Å². The maximum Gasteiger partial charge on any atom is 0.308 e. The Morgan fingerprint density at radius 3 is 3.06 bits per heavy atom. The van der Waals surface area contributed by atoms with E-state index in [4.69, 9.17) is 9.52 Å². The summed E-state index contributed by atoms with van der Waals surface area (Å²) in [5.74, 6) is -0.955. The Morgan fingerprint density at radius 1 is 1.41 bits per heavy atom. The Balaban J connectivity index is 1.95. The number of nitrogens with zero attached hydrogens (tertiary/aromatic N) is 1. The summed E-state index contributed by atoms with van der Waals surface area (Å²) in [7, 11) is 0. The van der Waals surface area contributed by atoms with Gasteiger partial charge in [0.05, 0.1) is 12.2 Å². The third-order valence-corrected chi connectivity index (χ3v) is 3.35. The maximum absolute atomic E-state index is 10.9. The summed E-state index contributed by atoms with van der Waals surface area (Å²) in [6.07, 6.45) is 2.38. The van der Waals surface area contributed by atoms with Crippen molar-refractivity contribution in [1.82, 2.24) is 0 Å². The molecule has 2 aromatic rings. The number of anilines is 1. The van der Waals surface area contributed by atoms with Crippen LogP contribution < -0.4 is 4.90 Å². The van der Waals surface area contributed by atoms with Gasteiger partial charge in [0.1, 0.15) is 5.58 Å². The molecule has 1 atom stereocenters. The largest absolute Gasteiger partial charge is 0.481 e. The van der Waals surface area contributed by atoms with Gasteiger partial charge in [0.25, 0.3) is 0 Å². The Bertz CT molecular complexity index is 561. The van der Waals surface area contributed by atoms with Crippen LogP contribution in [0.4, 0.5) is 5.69 Å². The van der Waals surface area contributed by atoms with Crippen LogP contribution in [0.1, 0.15) is 6.42 Å². The van der Waals surface area contributed by atoms with Gasteiger partial charge < -0.3 is 14.4 Å². The molecule has 1 N–H and O–H groups in total. The van der Waals surface area contributed by atoms with Gasteiger partial charge in [-0.05, 0) is 24.6 Å². The standard InChI is InChI=1S/C13H13NO3/c15-13(16)9-4-6-14(8-9)11-2-1-3-12-10(11)5-7-17-12/h1-3,5,7,9H,4,6,8H2,(H,15,16). The lowest BCUT2D eigenvalue weighted by Gasteiger charge is -2.18. The third kappa shape index (κ3) is 1.65. The van der Waals surface area contributed by atoms with Crippen molar-refractivity contribution in [2.75, 3.05) is 18.0 Å². The van der Waals surface area contributed by atoms with Crippen molar-refractivity contribution in [3.05, 3.63) is 30.5 Å². The molecule has 4 nitrogen and oxygen atoms in total. The molecule has 3 rings (SSSR count). The number of hydrogen-bond donors (Lipinski definition) is 1. The van der Waals surface area contributed by atoms with Gasteiger partial charge in [-0.25, -0.2) is 0 Å². The van der Waals surface area contributed by atoms with E-state index >= 15 is 0 Å². The monoisotopic (exact) mass is 231 g/mol. The number of hydrogen-bond acceptors (Lipinski definition) is 3. The van der Waals surface area contributed by atoms with Crippen LogP contribution in [0.2, 0.25) is 0 Å². The van der Waals surface area contributed by atoms with Crippen LogP contribution in [0.5, 0.6) is 0 Å². The lowest BCUT2D eigenvalue weighted by atomic mass is 10.1. The zero-order chi connectivity index (χ0) is 11.8. The van der Waals surface area contributed by atoms with E-state index in [2.05, 4.69) is 4.90 Å². The van der Waals surface area contributed by atoms with Crippen LogP contribution in [0.15, 0.2) is 34.9 Å². The third-order valence-electron chi connectivity index (χ3n) is 3.35. The maximum atomic E-state index is 10.9. The van der Waals surface area contributed by atoms with Crippen LogP contribution in [0.3, 0.4) is 0 Å².